The molecule has 5 heteroatoms. The van der Waals surface area contributed by atoms with E-state index in [9.17, 15) is 4.79 Å². The molecule has 0 bridgehead atoms. The van der Waals surface area contributed by atoms with E-state index in [1.807, 2.05) is 54.3 Å². The molecule has 0 spiro atoms. The molecule has 0 radical (unpaired) electrons. The number of anilines is 1. The van der Waals surface area contributed by atoms with Crippen molar-refractivity contribution in [3.05, 3.63) is 90.4 Å². The molecule has 144 valence electrons. The molecule has 1 unspecified atom stereocenters. The van der Waals surface area contributed by atoms with Gasteiger partial charge in [-0.3, -0.25) is 0 Å². The van der Waals surface area contributed by atoms with Crippen LogP contribution in [0.2, 0.25) is 0 Å². The molecule has 2 heterocycles. The lowest BCUT2D eigenvalue weighted by atomic mass is 10.0. The molecule has 3 aromatic rings. The summed E-state index contributed by atoms with van der Waals surface area (Å²) in [5, 5.41) is 0. The summed E-state index contributed by atoms with van der Waals surface area (Å²) in [4.78, 5) is 18.6. The Morgan fingerprint density at radius 2 is 1.89 bits per heavy atom. The largest absolute Gasteiger partial charge is 0.467 e. The highest BCUT2D eigenvalue weighted by molar-refractivity contribution is 5.74. The number of methoxy groups -OCH3 is 1. The highest BCUT2D eigenvalue weighted by Gasteiger charge is 2.20. The number of benzene rings is 1. The molecule has 0 aliphatic rings. The lowest BCUT2D eigenvalue weighted by Crippen LogP contribution is -2.22. The van der Waals surface area contributed by atoms with E-state index in [1.165, 1.54) is 7.11 Å². The molecule has 28 heavy (non-hydrogen) atoms. The molecule has 0 amide bonds. The summed E-state index contributed by atoms with van der Waals surface area (Å²) in [5.41, 5.74) is 2.21. The van der Waals surface area contributed by atoms with Crippen molar-refractivity contribution < 1.29 is 9.53 Å². The monoisotopic (exact) mass is 375 g/mol. The topological polar surface area (TPSA) is 47.4 Å². The second-order valence-corrected chi connectivity index (χ2v) is 6.59. The molecule has 1 aromatic carbocycles. The van der Waals surface area contributed by atoms with Gasteiger partial charge in [-0.05, 0) is 35.4 Å². The van der Waals surface area contributed by atoms with Crippen molar-refractivity contribution in [2.24, 2.45) is 0 Å². The fourth-order valence-corrected chi connectivity index (χ4v) is 3.01. The first-order valence-corrected chi connectivity index (χ1v) is 9.25. The maximum absolute atomic E-state index is 12.1. The summed E-state index contributed by atoms with van der Waals surface area (Å²) in [6.07, 6.45) is 10.4. The first-order chi connectivity index (χ1) is 13.7. The van der Waals surface area contributed by atoms with Gasteiger partial charge in [0, 0.05) is 38.6 Å². The van der Waals surface area contributed by atoms with Crippen LogP contribution in [0.5, 0.6) is 0 Å². The third-order valence-electron chi connectivity index (χ3n) is 4.60. The highest BCUT2D eigenvalue weighted by Crippen LogP contribution is 2.17. The number of rotatable bonds is 8. The normalized spacial score (nSPS) is 12.1. The molecule has 0 aliphatic carbocycles. The van der Waals surface area contributed by atoms with E-state index in [-0.39, 0.29) is 12.0 Å². The van der Waals surface area contributed by atoms with E-state index < -0.39 is 0 Å². The van der Waals surface area contributed by atoms with Crippen molar-refractivity contribution >= 4 is 17.9 Å². The molecule has 2 aromatic heterocycles. The van der Waals surface area contributed by atoms with Crippen LogP contribution in [0.1, 0.15) is 17.2 Å². The minimum Gasteiger partial charge on any atom is -0.467 e. The molecule has 0 saturated heterocycles. The van der Waals surface area contributed by atoms with Crippen molar-refractivity contribution in [1.82, 2.24) is 9.55 Å². The van der Waals surface area contributed by atoms with Crippen molar-refractivity contribution in [1.29, 1.82) is 0 Å². The Morgan fingerprint density at radius 1 is 1.14 bits per heavy atom. The number of pyridine rings is 1. The number of nitrogens with zero attached hydrogens (tertiary/aromatic N) is 3. The number of aromatic nitrogens is 2. The fraction of sp³-hybridized carbons (Fsp3) is 0.217. The average molecular weight is 375 g/mol. The van der Waals surface area contributed by atoms with E-state index in [2.05, 4.69) is 46.3 Å². The van der Waals surface area contributed by atoms with E-state index in [0.717, 1.165) is 23.5 Å². The van der Waals surface area contributed by atoms with Crippen LogP contribution in [-0.4, -0.2) is 36.2 Å². The number of carbonyl (C=O) groups is 1. The van der Waals surface area contributed by atoms with Crippen LogP contribution in [0.15, 0.2) is 79.3 Å². The standard InChI is InChI=1S/C23H25N3O2/c1-25(22-9-3-4-14-24-22)15-7-8-19-10-12-20(13-11-19)18-21(23(27)28-2)26-16-5-6-17-26/h3-14,16-17,21H,15,18H2,1-2H3. The van der Waals surface area contributed by atoms with Gasteiger partial charge in [0.25, 0.3) is 0 Å². The first-order valence-electron chi connectivity index (χ1n) is 9.25. The Bertz CT molecular complexity index is 887. The molecule has 0 aliphatic heterocycles. The van der Waals surface area contributed by atoms with Crippen LogP contribution in [0, 0.1) is 0 Å². The molecule has 0 saturated carbocycles. The van der Waals surface area contributed by atoms with Crippen LogP contribution in [-0.2, 0) is 16.0 Å². The second-order valence-electron chi connectivity index (χ2n) is 6.59. The third-order valence-corrected chi connectivity index (χ3v) is 4.60. The van der Waals surface area contributed by atoms with Gasteiger partial charge in [-0.15, -0.1) is 0 Å². The van der Waals surface area contributed by atoms with Crippen molar-refractivity contribution in [3.63, 3.8) is 0 Å². The third kappa shape index (κ3) is 5.10. The zero-order chi connectivity index (χ0) is 19.8. The Kier molecular flexibility index (Phi) is 6.63. The van der Waals surface area contributed by atoms with Crippen LogP contribution in [0.25, 0.3) is 6.08 Å². The van der Waals surface area contributed by atoms with Gasteiger partial charge in [-0.2, -0.15) is 0 Å². The van der Waals surface area contributed by atoms with Gasteiger partial charge >= 0.3 is 5.97 Å². The number of likely N-dealkylation sites (N-methyl/N-ethyl adjacent to an activating group) is 1. The van der Waals surface area contributed by atoms with E-state index >= 15 is 0 Å². The summed E-state index contributed by atoms with van der Waals surface area (Å²) >= 11 is 0. The predicted molar refractivity (Wildman–Crippen MR) is 112 cm³/mol. The number of hydrogen-bond acceptors (Lipinski definition) is 4. The number of carbonyl (C=O) groups excluding carboxylic acids is 1. The molecule has 0 N–H and O–H groups in total. The van der Waals surface area contributed by atoms with Gasteiger partial charge in [0.15, 0.2) is 0 Å². The van der Waals surface area contributed by atoms with Gasteiger partial charge in [0.05, 0.1) is 7.11 Å². The smallest absolute Gasteiger partial charge is 0.329 e. The minimum atomic E-state index is -0.353. The average Bonchev–Trinajstić information content (AvgIpc) is 3.27. The van der Waals surface area contributed by atoms with E-state index in [0.29, 0.717) is 6.42 Å². The Morgan fingerprint density at radius 3 is 2.54 bits per heavy atom. The molecule has 5 nitrogen and oxygen atoms in total. The van der Waals surface area contributed by atoms with E-state index in [1.54, 1.807) is 6.20 Å². The van der Waals surface area contributed by atoms with E-state index in [4.69, 9.17) is 4.74 Å². The summed E-state index contributed by atoms with van der Waals surface area (Å²) in [6, 6.07) is 17.6. The van der Waals surface area contributed by atoms with Crippen LogP contribution < -0.4 is 4.90 Å². The van der Waals surface area contributed by atoms with Gasteiger partial charge in [-0.25, -0.2) is 9.78 Å². The number of ether oxygens (including phenoxy) is 1. The molecule has 0 fully saturated rings. The van der Waals surface area contributed by atoms with Crippen LogP contribution in [0.3, 0.4) is 0 Å². The summed E-state index contributed by atoms with van der Waals surface area (Å²) in [7, 11) is 3.44. The van der Waals surface area contributed by atoms with Crippen molar-refractivity contribution in [2.75, 3.05) is 25.6 Å². The van der Waals surface area contributed by atoms with Gasteiger partial charge < -0.3 is 14.2 Å². The lowest BCUT2D eigenvalue weighted by molar-refractivity contribution is -0.144. The quantitative estimate of drug-likeness (QED) is 0.559. The number of hydrogen-bond donors (Lipinski definition) is 0. The SMILES string of the molecule is COC(=O)C(Cc1ccc(C=CCN(C)c2ccccn2)cc1)n1cccc1. The van der Waals surface area contributed by atoms with Crippen LogP contribution >= 0.6 is 0 Å². The zero-order valence-corrected chi connectivity index (χ0v) is 16.2. The van der Waals surface area contributed by atoms with Crippen LogP contribution in [0.4, 0.5) is 5.82 Å². The summed E-state index contributed by atoms with van der Waals surface area (Å²) < 4.78 is 6.85. The molecule has 1 atom stereocenters. The highest BCUT2D eigenvalue weighted by atomic mass is 16.5. The van der Waals surface area contributed by atoms with Crippen molar-refractivity contribution in [2.45, 2.75) is 12.5 Å². The maximum Gasteiger partial charge on any atom is 0.329 e. The van der Waals surface area contributed by atoms with Gasteiger partial charge in [0.2, 0.25) is 0 Å². The maximum atomic E-state index is 12.1. The summed E-state index contributed by atoms with van der Waals surface area (Å²) in [6.45, 7) is 0.775. The Labute approximate surface area is 165 Å². The van der Waals surface area contributed by atoms with Crippen molar-refractivity contribution in [3.8, 4) is 0 Å². The number of esters is 1. The Balaban J connectivity index is 1.60. The zero-order valence-electron chi connectivity index (χ0n) is 16.2. The lowest BCUT2D eigenvalue weighted by Gasteiger charge is -2.17. The van der Waals surface area contributed by atoms with Gasteiger partial charge in [-0.1, -0.05) is 42.5 Å². The van der Waals surface area contributed by atoms with Gasteiger partial charge in [0.1, 0.15) is 11.9 Å². The second kappa shape index (κ2) is 9.55. The fourth-order valence-electron chi connectivity index (χ4n) is 3.01. The molecular formula is C23H25N3O2. The first kappa shape index (κ1) is 19.4. The molecular weight excluding hydrogens is 350 g/mol. The Hall–Kier alpha value is -3.34. The predicted octanol–water partition coefficient (Wildman–Crippen LogP) is 3.99. The molecule has 3 rings (SSSR count). The minimum absolute atomic E-state index is 0.238. The summed E-state index contributed by atoms with van der Waals surface area (Å²) in [5.74, 6) is 0.707.